The second kappa shape index (κ2) is 10.9. The first-order valence-electron chi connectivity index (χ1n) is 9.14. The van der Waals surface area contributed by atoms with Crippen molar-refractivity contribution in [2.24, 2.45) is 0 Å². The Bertz CT molecular complexity index is 1200. The van der Waals surface area contributed by atoms with E-state index in [4.69, 9.17) is 39.5 Å². The molecule has 0 aliphatic rings. The SMILES string of the molecule is O=C(Cc1c(Cl)ccc(Cl)c1Cl)N/C(=C/c1ccc(Oc2ccccc2Br)cc1)C(=O)O. The number of amides is 1. The fourth-order valence-electron chi connectivity index (χ4n) is 2.69. The van der Waals surface area contributed by atoms with Crippen LogP contribution >= 0.6 is 50.7 Å². The normalized spacial score (nSPS) is 11.2. The lowest BCUT2D eigenvalue weighted by atomic mass is 10.1. The van der Waals surface area contributed by atoms with Crippen LogP contribution in [0.4, 0.5) is 0 Å². The van der Waals surface area contributed by atoms with E-state index in [1.807, 2.05) is 24.3 Å². The molecule has 0 fully saturated rings. The molecule has 0 atom stereocenters. The first-order valence-corrected chi connectivity index (χ1v) is 11.1. The summed E-state index contributed by atoms with van der Waals surface area (Å²) < 4.78 is 6.60. The van der Waals surface area contributed by atoms with Crippen LogP contribution in [0.1, 0.15) is 11.1 Å². The number of ether oxygens (including phenoxy) is 1. The van der Waals surface area contributed by atoms with Crippen molar-refractivity contribution in [2.75, 3.05) is 0 Å². The van der Waals surface area contributed by atoms with E-state index in [0.717, 1.165) is 4.47 Å². The lowest BCUT2D eigenvalue weighted by molar-refractivity contribution is -0.134. The zero-order valence-electron chi connectivity index (χ0n) is 16.2. The van der Waals surface area contributed by atoms with Gasteiger partial charge < -0.3 is 15.2 Å². The second-order valence-corrected chi connectivity index (χ2v) is 8.56. The molecular weight excluding hydrogens is 541 g/mol. The summed E-state index contributed by atoms with van der Waals surface area (Å²) in [7, 11) is 0. The van der Waals surface area contributed by atoms with Gasteiger partial charge in [-0.2, -0.15) is 0 Å². The largest absolute Gasteiger partial charge is 0.477 e. The Balaban J connectivity index is 1.73. The number of para-hydroxylation sites is 1. The van der Waals surface area contributed by atoms with Crippen molar-refractivity contribution >= 4 is 68.7 Å². The highest BCUT2D eigenvalue weighted by atomic mass is 79.9. The van der Waals surface area contributed by atoms with E-state index in [2.05, 4.69) is 21.2 Å². The number of benzene rings is 3. The topological polar surface area (TPSA) is 75.6 Å². The van der Waals surface area contributed by atoms with E-state index < -0.39 is 11.9 Å². The van der Waals surface area contributed by atoms with Crippen LogP contribution in [-0.2, 0) is 16.0 Å². The van der Waals surface area contributed by atoms with Gasteiger partial charge in [-0.1, -0.05) is 59.1 Å². The van der Waals surface area contributed by atoms with Crippen LogP contribution < -0.4 is 10.1 Å². The Morgan fingerprint density at radius 3 is 2.28 bits per heavy atom. The third-order valence-electron chi connectivity index (χ3n) is 4.24. The van der Waals surface area contributed by atoms with Crippen LogP contribution in [0.2, 0.25) is 15.1 Å². The average Bonchev–Trinajstić information content (AvgIpc) is 2.76. The van der Waals surface area contributed by atoms with Crippen molar-refractivity contribution in [1.29, 1.82) is 0 Å². The van der Waals surface area contributed by atoms with E-state index >= 15 is 0 Å². The van der Waals surface area contributed by atoms with Crippen molar-refractivity contribution in [3.63, 3.8) is 0 Å². The molecule has 9 heteroatoms. The fraction of sp³-hybridized carbons (Fsp3) is 0.0435. The van der Waals surface area contributed by atoms with Crippen molar-refractivity contribution in [3.05, 3.63) is 97.0 Å². The maximum atomic E-state index is 12.4. The van der Waals surface area contributed by atoms with Crippen LogP contribution in [0.5, 0.6) is 11.5 Å². The minimum absolute atomic E-state index is 0.149. The summed E-state index contributed by atoms with van der Waals surface area (Å²) >= 11 is 21.6. The lowest BCUT2D eigenvalue weighted by Crippen LogP contribution is -2.28. The summed E-state index contributed by atoms with van der Waals surface area (Å²) in [5, 5.41) is 12.5. The number of hydrogen-bond acceptors (Lipinski definition) is 3. The molecule has 0 radical (unpaired) electrons. The number of nitrogens with one attached hydrogen (secondary N) is 1. The molecule has 0 aliphatic heterocycles. The van der Waals surface area contributed by atoms with Gasteiger partial charge in [-0.15, -0.1) is 0 Å². The summed E-state index contributed by atoms with van der Waals surface area (Å²) in [6.07, 6.45) is 1.10. The van der Waals surface area contributed by atoms with Gasteiger partial charge in [0.25, 0.3) is 0 Å². The molecule has 0 aliphatic carbocycles. The number of carboxylic acid groups (broad SMARTS) is 1. The molecule has 0 unspecified atom stereocenters. The van der Waals surface area contributed by atoms with Crippen molar-refractivity contribution in [1.82, 2.24) is 5.32 Å². The third-order valence-corrected chi connectivity index (χ3v) is 6.09. The molecular formula is C23H15BrCl3NO4. The van der Waals surface area contributed by atoms with Crippen molar-refractivity contribution < 1.29 is 19.4 Å². The molecule has 5 nitrogen and oxygen atoms in total. The Morgan fingerprint density at radius 2 is 1.62 bits per heavy atom. The van der Waals surface area contributed by atoms with Crippen molar-refractivity contribution in [3.8, 4) is 11.5 Å². The number of rotatable bonds is 7. The molecule has 1 amide bonds. The molecule has 0 spiro atoms. The van der Waals surface area contributed by atoms with Gasteiger partial charge in [-0.3, -0.25) is 4.79 Å². The molecule has 0 heterocycles. The maximum absolute atomic E-state index is 12.4. The summed E-state index contributed by atoms with van der Waals surface area (Å²) in [5.74, 6) is -0.679. The van der Waals surface area contributed by atoms with Gasteiger partial charge in [0, 0.05) is 10.6 Å². The number of halogens is 4. The molecule has 3 aromatic rings. The lowest BCUT2D eigenvalue weighted by Gasteiger charge is -2.10. The summed E-state index contributed by atoms with van der Waals surface area (Å²) in [4.78, 5) is 24.1. The van der Waals surface area contributed by atoms with E-state index in [-0.39, 0.29) is 27.2 Å². The Morgan fingerprint density at radius 1 is 0.969 bits per heavy atom. The minimum atomic E-state index is -1.30. The van der Waals surface area contributed by atoms with Gasteiger partial charge in [-0.25, -0.2) is 4.79 Å². The van der Waals surface area contributed by atoms with Crippen molar-refractivity contribution in [2.45, 2.75) is 6.42 Å². The molecule has 0 aromatic heterocycles. The van der Waals surface area contributed by atoms with Crippen LogP contribution in [0.25, 0.3) is 6.08 Å². The number of carboxylic acids is 1. The predicted octanol–water partition coefficient (Wildman–Crippen LogP) is 6.99. The summed E-state index contributed by atoms with van der Waals surface area (Å²) in [5.41, 5.74) is 0.571. The summed E-state index contributed by atoms with van der Waals surface area (Å²) in [6.45, 7) is 0. The van der Waals surface area contributed by atoms with Crippen LogP contribution in [-0.4, -0.2) is 17.0 Å². The highest BCUT2D eigenvalue weighted by molar-refractivity contribution is 9.10. The highest BCUT2D eigenvalue weighted by Gasteiger charge is 2.17. The second-order valence-electron chi connectivity index (χ2n) is 6.51. The molecule has 3 aromatic carbocycles. The minimum Gasteiger partial charge on any atom is -0.477 e. The van der Waals surface area contributed by atoms with E-state index in [0.29, 0.717) is 22.6 Å². The van der Waals surface area contributed by atoms with Gasteiger partial charge in [-0.05, 0) is 64.0 Å². The number of carbonyl (C=O) groups excluding carboxylic acids is 1. The van der Waals surface area contributed by atoms with Gasteiger partial charge >= 0.3 is 5.97 Å². The van der Waals surface area contributed by atoms with Gasteiger partial charge in [0.2, 0.25) is 5.91 Å². The van der Waals surface area contributed by atoms with E-state index in [1.54, 1.807) is 24.3 Å². The first kappa shape index (κ1) is 24.1. The number of carbonyl (C=O) groups is 2. The van der Waals surface area contributed by atoms with Gasteiger partial charge in [0.15, 0.2) is 0 Å². The van der Waals surface area contributed by atoms with Gasteiger partial charge in [0.05, 0.1) is 20.9 Å². The summed E-state index contributed by atoms with van der Waals surface area (Å²) in [6, 6.07) is 17.2. The molecule has 3 rings (SSSR count). The van der Waals surface area contributed by atoms with Crippen LogP contribution in [0.15, 0.2) is 70.8 Å². The third kappa shape index (κ3) is 6.26. The molecule has 32 heavy (non-hydrogen) atoms. The molecule has 0 bridgehead atoms. The maximum Gasteiger partial charge on any atom is 0.352 e. The van der Waals surface area contributed by atoms with Gasteiger partial charge in [0.1, 0.15) is 17.2 Å². The number of hydrogen-bond donors (Lipinski definition) is 2. The molecule has 164 valence electrons. The van der Waals surface area contributed by atoms with Crippen LogP contribution in [0, 0.1) is 0 Å². The fourth-order valence-corrected chi connectivity index (χ4v) is 3.74. The first-order chi connectivity index (χ1) is 15.2. The smallest absolute Gasteiger partial charge is 0.352 e. The quantitative estimate of drug-likeness (QED) is 0.244. The monoisotopic (exact) mass is 553 g/mol. The Kier molecular flexibility index (Phi) is 8.21. The van der Waals surface area contributed by atoms with E-state index in [9.17, 15) is 14.7 Å². The standard InChI is InChI=1S/C23H15BrCl3NO4/c24-16-3-1-2-4-20(16)32-14-7-5-13(6-8-14)11-19(23(30)31)28-21(29)12-15-17(25)9-10-18(26)22(15)27/h1-11H,12H2,(H,28,29)(H,30,31)/b19-11+. The Hall–Kier alpha value is -2.51. The molecule has 2 N–H and O–H groups in total. The highest BCUT2D eigenvalue weighted by Crippen LogP contribution is 2.32. The average molecular weight is 556 g/mol. The number of aliphatic carboxylic acids is 1. The predicted molar refractivity (Wildman–Crippen MR) is 130 cm³/mol. The van der Waals surface area contributed by atoms with E-state index in [1.165, 1.54) is 18.2 Å². The zero-order valence-corrected chi connectivity index (χ0v) is 20.1. The Labute approximate surface area is 207 Å². The molecule has 0 saturated carbocycles. The zero-order chi connectivity index (χ0) is 23.3. The van der Waals surface area contributed by atoms with Crippen LogP contribution in [0.3, 0.4) is 0 Å². The molecule has 0 saturated heterocycles.